The highest BCUT2D eigenvalue weighted by Gasteiger charge is 2.30. The topological polar surface area (TPSA) is 119 Å². The molecule has 2 N–H and O–H groups in total. The fourth-order valence-corrected chi connectivity index (χ4v) is 4.21. The minimum Gasteiger partial charge on any atom is -0.492 e. The van der Waals surface area contributed by atoms with Crippen LogP contribution in [0.2, 0.25) is 0 Å². The predicted molar refractivity (Wildman–Crippen MR) is 106 cm³/mol. The largest absolute Gasteiger partial charge is 0.492 e. The van der Waals surface area contributed by atoms with E-state index in [0.29, 0.717) is 22.4 Å². The Bertz CT molecular complexity index is 1040. The van der Waals surface area contributed by atoms with Crippen LogP contribution in [0.15, 0.2) is 18.6 Å². The predicted octanol–water partition coefficient (Wildman–Crippen LogP) is 3.27. The minimum absolute atomic E-state index is 0.0229. The monoisotopic (exact) mass is 398 g/mol. The van der Waals surface area contributed by atoms with Crippen molar-refractivity contribution in [2.45, 2.75) is 53.0 Å². The van der Waals surface area contributed by atoms with Crippen molar-refractivity contribution in [2.24, 2.45) is 17.3 Å². The normalized spacial score (nSPS) is 20.2. The van der Waals surface area contributed by atoms with Gasteiger partial charge < -0.3 is 10.2 Å². The summed E-state index contributed by atoms with van der Waals surface area (Å²) < 4.78 is 3.01. The van der Waals surface area contributed by atoms with Crippen LogP contribution in [0.25, 0.3) is 17.0 Å². The lowest BCUT2D eigenvalue weighted by Gasteiger charge is -2.37. The lowest BCUT2D eigenvalue weighted by atomic mass is 9.70. The number of rotatable bonds is 4. The van der Waals surface area contributed by atoms with Crippen molar-refractivity contribution < 1.29 is 15.0 Å². The summed E-state index contributed by atoms with van der Waals surface area (Å²) in [7, 11) is 0. The molecule has 29 heavy (non-hydrogen) atoms. The van der Waals surface area contributed by atoms with Crippen molar-refractivity contribution in [1.82, 2.24) is 29.5 Å². The fraction of sp³-hybridized carbons (Fsp3) is 0.550. The molecule has 9 heteroatoms. The maximum atomic E-state index is 11.0. The average molecular weight is 398 g/mol. The van der Waals surface area contributed by atoms with E-state index in [1.54, 1.807) is 10.9 Å². The summed E-state index contributed by atoms with van der Waals surface area (Å²) >= 11 is 0. The second-order valence-corrected chi connectivity index (χ2v) is 8.97. The van der Waals surface area contributed by atoms with E-state index in [1.807, 2.05) is 0 Å². The van der Waals surface area contributed by atoms with Crippen molar-refractivity contribution in [3.63, 3.8) is 0 Å². The highest BCUT2D eigenvalue weighted by molar-refractivity contribution is 5.87. The highest BCUT2D eigenvalue weighted by atomic mass is 16.4. The molecule has 0 spiro atoms. The van der Waals surface area contributed by atoms with Crippen LogP contribution in [-0.2, 0) is 6.54 Å². The third-order valence-electron chi connectivity index (χ3n) is 6.00. The Labute approximate surface area is 168 Å². The number of carbonyl (C=O) groups is 1. The lowest BCUT2D eigenvalue weighted by molar-refractivity contribution is 0.0697. The molecule has 1 saturated carbocycles. The first-order valence-electron chi connectivity index (χ1n) is 9.93. The van der Waals surface area contributed by atoms with E-state index >= 15 is 0 Å². The van der Waals surface area contributed by atoms with E-state index < -0.39 is 5.97 Å². The van der Waals surface area contributed by atoms with E-state index in [4.69, 9.17) is 5.11 Å². The number of hydrogen-bond donors (Lipinski definition) is 2. The molecular weight excluding hydrogens is 372 g/mol. The van der Waals surface area contributed by atoms with Gasteiger partial charge in [-0.15, -0.1) is 0 Å². The number of carboxylic acid groups (broad SMARTS) is 1. The molecule has 0 amide bonds. The van der Waals surface area contributed by atoms with Crippen molar-refractivity contribution in [1.29, 1.82) is 0 Å². The quantitative estimate of drug-likeness (QED) is 0.692. The van der Waals surface area contributed by atoms with Crippen molar-refractivity contribution >= 4 is 17.0 Å². The molecule has 0 radical (unpaired) electrons. The molecule has 4 rings (SSSR count). The zero-order valence-corrected chi connectivity index (χ0v) is 16.9. The standard InChI is InChI=1S/C20H26N6O3/c1-20(2,3)14-6-4-12(5-7-14)10-25-16-15(9-22-25)23-19(24-17(16)27)26-11-13(8-21-26)18(28)29/h8-9,11-12,14H,4-7,10H2,1-3H3,(H,28,29)(H,23,24,27)/t12-,14-. The Balaban J connectivity index is 1.54. The maximum absolute atomic E-state index is 11.0. The summed E-state index contributed by atoms with van der Waals surface area (Å²) in [6.07, 6.45) is 8.84. The first-order valence-corrected chi connectivity index (χ1v) is 9.93. The molecular formula is C20H26N6O3. The molecule has 0 atom stereocenters. The summed E-state index contributed by atoms with van der Waals surface area (Å²) in [5, 5.41) is 27.9. The van der Waals surface area contributed by atoms with Gasteiger partial charge >= 0.3 is 5.97 Å². The number of aromatic nitrogens is 6. The van der Waals surface area contributed by atoms with Gasteiger partial charge in [0, 0.05) is 12.7 Å². The second kappa shape index (κ2) is 7.13. The summed E-state index contributed by atoms with van der Waals surface area (Å²) in [5.41, 5.74) is 1.37. The second-order valence-electron chi connectivity index (χ2n) is 8.97. The molecule has 1 aliphatic rings. The number of carboxylic acids is 1. The van der Waals surface area contributed by atoms with E-state index in [1.165, 1.54) is 29.9 Å². The molecule has 0 bridgehead atoms. The lowest BCUT2D eigenvalue weighted by Crippen LogP contribution is -2.27. The number of aromatic carboxylic acids is 1. The van der Waals surface area contributed by atoms with E-state index in [-0.39, 0.29) is 17.4 Å². The third-order valence-corrected chi connectivity index (χ3v) is 6.00. The highest BCUT2D eigenvalue weighted by Crippen LogP contribution is 2.40. The summed E-state index contributed by atoms with van der Waals surface area (Å²) in [5.74, 6) is 0.0960. The molecule has 3 heterocycles. The Hall–Kier alpha value is -2.97. The molecule has 154 valence electrons. The summed E-state index contributed by atoms with van der Waals surface area (Å²) in [6, 6.07) is 0. The Morgan fingerprint density at radius 2 is 1.86 bits per heavy atom. The molecule has 9 nitrogen and oxygen atoms in total. The van der Waals surface area contributed by atoms with Crippen LogP contribution >= 0.6 is 0 Å². The minimum atomic E-state index is -1.09. The molecule has 1 aliphatic carbocycles. The molecule has 1 fully saturated rings. The number of nitrogens with zero attached hydrogens (tertiary/aromatic N) is 6. The zero-order valence-electron chi connectivity index (χ0n) is 16.9. The SMILES string of the molecule is CC(C)(C)[C@H]1CC[C@H](Cn2ncc3nc(-n4cc(C(=O)O)cn4)nc(O)c32)CC1. The van der Waals surface area contributed by atoms with Gasteiger partial charge in [-0.1, -0.05) is 20.8 Å². The first-order chi connectivity index (χ1) is 13.7. The third kappa shape index (κ3) is 3.81. The average Bonchev–Trinajstić information content (AvgIpc) is 3.29. The summed E-state index contributed by atoms with van der Waals surface area (Å²) in [4.78, 5) is 19.5. The van der Waals surface area contributed by atoms with Crippen molar-refractivity contribution in [3.8, 4) is 11.8 Å². The van der Waals surface area contributed by atoms with Gasteiger partial charge in [0.1, 0.15) is 11.0 Å². The molecule has 3 aromatic heterocycles. The van der Waals surface area contributed by atoms with Crippen molar-refractivity contribution in [2.75, 3.05) is 0 Å². The Morgan fingerprint density at radius 1 is 1.14 bits per heavy atom. The molecule has 0 aromatic carbocycles. The van der Waals surface area contributed by atoms with Gasteiger partial charge in [-0.25, -0.2) is 14.5 Å². The van der Waals surface area contributed by atoms with E-state index in [0.717, 1.165) is 25.3 Å². The summed E-state index contributed by atoms with van der Waals surface area (Å²) in [6.45, 7) is 7.66. The van der Waals surface area contributed by atoms with Crippen LogP contribution in [0.4, 0.5) is 0 Å². The smallest absolute Gasteiger partial charge is 0.338 e. The van der Waals surface area contributed by atoms with Crippen LogP contribution in [0.3, 0.4) is 0 Å². The van der Waals surface area contributed by atoms with Crippen LogP contribution in [0.1, 0.15) is 56.8 Å². The van der Waals surface area contributed by atoms with Gasteiger partial charge in [-0.3, -0.25) is 4.68 Å². The molecule has 0 aliphatic heterocycles. The van der Waals surface area contributed by atoms with Gasteiger partial charge in [0.15, 0.2) is 0 Å². The van der Waals surface area contributed by atoms with Crippen LogP contribution in [-0.4, -0.2) is 45.7 Å². The molecule has 3 aromatic rings. The molecule has 0 unspecified atom stereocenters. The van der Waals surface area contributed by atoms with Gasteiger partial charge in [0.2, 0.25) is 5.88 Å². The maximum Gasteiger partial charge on any atom is 0.338 e. The van der Waals surface area contributed by atoms with Gasteiger partial charge in [-0.2, -0.15) is 15.2 Å². The van der Waals surface area contributed by atoms with Gasteiger partial charge in [-0.05, 0) is 42.9 Å². The molecule has 0 saturated heterocycles. The zero-order chi connectivity index (χ0) is 20.8. The van der Waals surface area contributed by atoms with E-state index in [9.17, 15) is 9.90 Å². The first kappa shape index (κ1) is 19.4. The van der Waals surface area contributed by atoms with Crippen LogP contribution in [0, 0.1) is 17.3 Å². The van der Waals surface area contributed by atoms with Crippen LogP contribution < -0.4 is 0 Å². The van der Waals surface area contributed by atoms with Crippen molar-refractivity contribution in [3.05, 3.63) is 24.2 Å². The van der Waals surface area contributed by atoms with Gasteiger partial charge in [0.25, 0.3) is 5.95 Å². The van der Waals surface area contributed by atoms with Crippen LogP contribution in [0.5, 0.6) is 5.88 Å². The van der Waals surface area contributed by atoms with E-state index in [2.05, 4.69) is 40.9 Å². The Kier molecular flexibility index (Phi) is 4.76. The van der Waals surface area contributed by atoms with Gasteiger partial charge in [0.05, 0.1) is 18.0 Å². The Morgan fingerprint density at radius 3 is 2.48 bits per heavy atom. The fourth-order valence-electron chi connectivity index (χ4n) is 4.21. The number of aromatic hydroxyl groups is 1. The number of hydrogen-bond acceptors (Lipinski definition) is 6. The number of fused-ring (bicyclic) bond motifs is 1.